The lowest BCUT2D eigenvalue weighted by atomic mass is 10.3. The van der Waals surface area contributed by atoms with E-state index in [0.29, 0.717) is 21.2 Å². The second kappa shape index (κ2) is 7.80. The first-order chi connectivity index (χ1) is 10.4. The minimum Gasteiger partial charge on any atom is -0.481 e. The second-order valence-electron chi connectivity index (χ2n) is 4.74. The molecular weight excluding hydrogens is 342 g/mol. The number of carbonyl (C=O) groups excluding carboxylic acids is 1. The van der Waals surface area contributed by atoms with Crippen molar-refractivity contribution < 1.29 is 9.53 Å². The van der Waals surface area contributed by atoms with E-state index in [9.17, 15) is 4.79 Å². The number of halogens is 1. The molecule has 1 atom stereocenters. The molecule has 22 heavy (non-hydrogen) atoms. The van der Waals surface area contributed by atoms with Crippen molar-refractivity contribution in [3.8, 4) is 5.75 Å². The number of ether oxygens (including phenoxy) is 1. The summed E-state index contributed by atoms with van der Waals surface area (Å²) in [5.74, 6) is 0.313. The fraction of sp³-hybridized carbons (Fsp3) is 0.357. The quantitative estimate of drug-likeness (QED) is 0.623. The lowest BCUT2D eigenvalue weighted by molar-refractivity contribution is -0.122. The third kappa shape index (κ3) is 5.15. The van der Waals surface area contributed by atoms with Crippen molar-refractivity contribution in [1.82, 2.24) is 10.2 Å². The Bertz CT molecular complexity index is 631. The zero-order chi connectivity index (χ0) is 16.1. The number of benzene rings is 1. The van der Waals surface area contributed by atoms with Gasteiger partial charge in [0, 0.05) is 10.3 Å². The summed E-state index contributed by atoms with van der Waals surface area (Å²) < 4.78 is 6.39. The molecule has 8 heteroatoms. The Morgan fingerprint density at radius 3 is 2.59 bits per heavy atom. The number of nitrogens with zero attached hydrogens (tertiary/aromatic N) is 2. The first kappa shape index (κ1) is 17.1. The van der Waals surface area contributed by atoms with Crippen molar-refractivity contribution in [2.45, 2.75) is 36.5 Å². The maximum absolute atomic E-state index is 12.1. The normalized spacial score (nSPS) is 12.2. The Hall–Kier alpha value is -1.31. The number of amides is 1. The zero-order valence-corrected chi connectivity index (χ0v) is 14.8. The molecule has 1 aromatic carbocycles. The van der Waals surface area contributed by atoms with Gasteiger partial charge in [0.2, 0.25) is 5.13 Å². The van der Waals surface area contributed by atoms with Gasteiger partial charge in [0.05, 0.1) is 0 Å². The van der Waals surface area contributed by atoms with Crippen molar-refractivity contribution in [3.63, 3.8) is 0 Å². The fourth-order valence-corrected chi connectivity index (χ4v) is 3.59. The first-order valence-corrected chi connectivity index (χ1v) is 8.74. The van der Waals surface area contributed by atoms with Crippen molar-refractivity contribution in [3.05, 3.63) is 29.3 Å². The van der Waals surface area contributed by atoms with Crippen molar-refractivity contribution in [2.75, 3.05) is 5.32 Å². The van der Waals surface area contributed by atoms with Gasteiger partial charge < -0.3 is 4.74 Å². The maximum Gasteiger partial charge on any atom is 0.266 e. The van der Waals surface area contributed by atoms with Crippen molar-refractivity contribution in [2.24, 2.45) is 0 Å². The summed E-state index contributed by atoms with van der Waals surface area (Å²) in [6.07, 6.45) is -0.647. The van der Waals surface area contributed by atoms with Gasteiger partial charge in [-0.1, -0.05) is 48.5 Å². The summed E-state index contributed by atoms with van der Waals surface area (Å²) in [7, 11) is 0. The highest BCUT2D eigenvalue weighted by molar-refractivity contribution is 8.01. The Kier molecular flexibility index (Phi) is 6.05. The average Bonchev–Trinajstić information content (AvgIpc) is 2.87. The number of anilines is 1. The average molecular weight is 358 g/mol. The van der Waals surface area contributed by atoms with Crippen LogP contribution < -0.4 is 10.1 Å². The van der Waals surface area contributed by atoms with E-state index in [4.69, 9.17) is 16.3 Å². The predicted molar refractivity (Wildman–Crippen MR) is 91.1 cm³/mol. The van der Waals surface area contributed by atoms with Gasteiger partial charge in [0.25, 0.3) is 5.91 Å². The van der Waals surface area contributed by atoms with E-state index in [1.54, 1.807) is 43.0 Å². The number of nitrogens with one attached hydrogen (secondary N) is 1. The van der Waals surface area contributed by atoms with Crippen LogP contribution in [0.15, 0.2) is 28.6 Å². The van der Waals surface area contributed by atoms with Gasteiger partial charge >= 0.3 is 0 Å². The van der Waals surface area contributed by atoms with E-state index in [2.05, 4.69) is 29.4 Å². The number of aromatic nitrogens is 2. The van der Waals surface area contributed by atoms with E-state index >= 15 is 0 Å². The lowest BCUT2D eigenvalue weighted by Gasteiger charge is -2.13. The van der Waals surface area contributed by atoms with Crippen LogP contribution in [0.1, 0.15) is 20.8 Å². The molecule has 1 amide bonds. The Morgan fingerprint density at radius 1 is 1.27 bits per heavy atom. The third-order valence-corrected chi connectivity index (χ3v) is 4.65. The molecule has 5 nitrogen and oxygen atoms in total. The third-order valence-electron chi connectivity index (χ3n) is 2.47. The van der Waals surface area contributed by atoms with Gasteiger partial charge in [-0.15, -0.1) is 10.2 Å². The molecule has 2 aromatic rings. The maximum atomic E-state index is 12.1. The van der Waals surface area contributed by atoms with Crippen LogP contribution in [0.25, 0.3) is 0 Å². The van der Waals surface area contributed by atoms with Crippen LogP contribution in [0, 0.1) is 0 Å². The monoisotopic (exact) mass is 357 g/mol. The largest absolute Gasteiger partial charge is 0.481 e. The van der Waals surface area contributed by atoms with Crippen molar-refractivity contribution >= 4 is 45.7 Å². The van der Waals surface area contributed by atoms with E-state index in [1.807, 2.05) is 0 Å². The second-order valence-corrected chi connectivity index (χ2v) is 7.98. The van der Waals surface area contributed by atoms with Gasteiger partial charge in [-0.25, -0.2) is 0 Å². The number of rotatable bonds is 6. The summed E-state index contributed by atoms with van der Waals surface area (Å²) >= 11 is 8.77. The highest BCUT2D eigenvalue weighted by Crippen LogP contribution is 2.28. The molecule has 1 N–H and O–H groups in total. The van der Waals surface area contributed by atoms with Gasteiger partial charge in [0.15, 0.2) is 10.4 Å². The van der Waals surface area contributed by atoms with Crippen LogP contribution in [-0.2, 0) is 4.79 Å². The van der Waals surface area contributed by atoms with Crippen LogP contribution >= 0.6 is 34.7 Å². The molecule has 2 rings (SSSR count). The van der Waals surface area contributed by atoms with Crippen molar-refractivity contribution in [1.29, 1.82) is 0 Å². The SMILES string of the molecule is CC(C)Sc1nnc(NC(=O)C(C)Oc2ccc(Cl)cc2)s1. The molecule has 1 heterocycles. The molecule has 118 valence electrons. The van der Waals surface area contributed by atoms with Crippen LogP contribution in [-0.4, -0.2) is 27.5 Å². The molecule has 0 fully saturated rings. The molecule has 0 bridgehead atoms. The Labute approximate surface area is 142 Å². The minimum absolute atomic E-state index is 0.271. The molecular formula is C14H16ClN3O2S2. The summed E-state index contributed by atoms with van der Waals surface area (Å²) in [6, 6.07) is 6.85. The van der Waals surface area contributed by atoms with E-state index < -0.39 is 6.10 Å². The molecule has 0 spiro atoms. The molecule has 0 aliphatic heterocycles. The van der Waals surface area contributed by atoms with Crippen LogP contribution in [0.4, 0.5) is 5.13 Å². The van der Waals surface area contributed by atoms with Crippen LogP contribution in [0.5, 0.6) is 5.75 Å². The zero-order valence-electron chi connectivity index (χ0n) is 12.4. The fourth-order valence-electron chi connectivity index (χ4n) is 1.49. The standard InChI is InChI=1S/C14H16ClN3O2S2/c1-8(2)21-14-18-17-13(22-14)16-12(19)9(3)20-11-6-4-10(15)5-7-11/h4-9H,1-3H3,(H,16,17,19). The molecule has 0 aliphatic carbocycles. The number of hydrogen-bond acceptors (Lipinski definition) is 6. The number of thioether (sulfide) groups is 1. The molecule has 0 radical (unpaired) electrons. The Balaban J connectivity index is 1.90. The van der Waals surface area contributed by atoms with Crippen LogP contribution in [0.2, 0.25) is 5.02 Å². The molecule has 0 saturated carbocycles. The first-order valence-electron chi connectivity index (χ1n) is 6.67. The van der Waals surface area contributed by atoms with E-state index in [-0.39, 0.29) is 5.91 Å². The summed E-state index contributed by atoms with van der Waals surface area (Å²) in [5.41, 5.74) is 0. The highest BCUT2D eigenvalue weighted by Gasteiger charge is 2.17. The van der Waals surface area contributed by atoms with E-state index in [0.717, 1.165) is 4.34 Å². The minimum atomic E-state index is -0.647. The topological polar surface area (TPSA) is 64.1 Å². The summed E-state index contributed by atoms with van der Waals surface area (Å²) in [6.45, 7) is 5.83. The van der Waals surface area contributed by atoms with Gasteiger partial charge in [0.1, 0.15) is 5.75 Å². The highest BCUT2D eigenvalue weighted by atomic mass is 35.5. The van der Waals surface area contributed by atoms with E-state index in [1.165, 1.54) is 11.3 Å². The lowest BCUT2D eigenvalue weighted by Crippen LogP contribution is -2.30. The Morgan fingerprint density at radius 2 is 1.95 bits per heavy atom. The number of hydrogen-bond donors (Lipinski definition) is 1. The predicted octanol–water partition coefficient (Wildman–Crippen LogP) is 4.10. The molecule has 0 saturated heterocycles. The van der Waals surface area contributed by atoms with Gasteiger partial charge in [-0.05, 0) is 31.2 Å². The van der Waals surface area contributed by atoms with Gasteiger partial charge in [-0.2, -0.15) is 0 Å². The summed E-state index contributed by atoms with van der Waals surface area (Å²) in [5, 5.41) is 12.2. The number of carbonyl (C=O) groups is 1. The molecule has 1 unspecified atom stereocenters. The van der Waals surface area contributed by atoms with Gasteiger partial charge in [-0.3, -0.25) is 10.1 Å². The smallest absolute Gasteiger partial charge is 0.266 e. The molecule has 0 aliphatic rings. The molecule has 1 aromatic heterocycles. The summed E-state index contributed by atoms with van der Waals surface area (Å²) in [4.78, 5) is 12.1. The van der Waals surface area contributed by atoms with Crippen LogP contribution in [0.3, 0.4) is 0 Å².